The van der Waals surface area contributed by atoms with Crippen molar-refractivity contribution >= 4 is 11.6 Å². The van der Waals surface area contributed by atoms with Gasteiger partial charge < -0.3 is 9.63 Å². The van der Waals surface area contributed by atoms with E-state index in [9.17, 15) is 23.5 Å². The third kappa shape index (κ3) is 7.07. The lowest BCUT2D eigenvalue weighted by atomic mass is 9.68. The lowest BCUT2D eigenvalue weighted by Gasteiger charge is -2.54. The lowest BCUT2D eigenvalue weighted by Crippen LogP contribution is -2.62. The third-order valence-electron chi connectivity index (χ3n) is 9.02. The first-order valence-corrected chi connectivity index (χ1v) is 14.9. The Morgan fingerprint density at radius 1 is 1.07 bits per heavy atom. The summed E-state index contributed by atoms with van der Waals surface area (Å²) in [7, 11) is 0. The summed E-state index contributed by atoms with van der Waals surface area (Å²) in [6.07, 6.45) is 3.73. The molecule has 2 aliphatic rings. The number of benzene rings is 1. The van der Waals surface area contributed by atoms with Crippen molar-refractivity contribution in [3.8, 4) is 11.3 Å². The minimum Gasteiger partial charge on any atom is -0.390 e. The zero-order valence-corrected chi connectivity index (χ0v) is 25.5. The smallest absolute Gasteiger partial charge is 0.185 e. The molecule has 3 aromatic rings. The number of nitrogens with zero attached hydrogens (tertiary/aromatic N) is 4. The Bertz CT molecular complexity index is 1500. The van der Waals surface area contributed by atoms with Crippen LogP contribution in [0.15, 0.2) is 34.9 Å². The highest BCUT2D eigenvalue weighted by molar-refractivity contribution is 5.96. The van der Waals surface area contributed by atoms with Gasteiger partial charge in [0, 0.05) is 67.1 Å². The van der Waals surface area contributed by atoms with Crippen molar-refractivity contribution in [2.24, 2.45) is 5.41 Å². The first kappa shape index (κ1) is 31.1. The molecule has 0 atom stereocenters. The Kier molecular flexibility index (Phi) is 8.39. The van der Waals surface area contributed by atoms with E-state index in [1.165, 1.54) is 12.1 Å². The number of halogens is 2. The van der Waals surface area contributed by atoms with Gasteiger partial charge in [-0.05, 0) is 64.7 Å². The van der Waals surface area contributed by atoms with Gasteiger partial charge in [-0.15, -0.1) is 0 Å². The van der Waals surface area contributed by atoms with E-state index in [0.717, 1.165) is 36.4 Å². The SMILES string of the molecule is Cc1cc(C(C)(C)CC(=O)CC2(CC(=O)c3cc(-c4ccc(F)cc4F)on3)CN(C3CCC(C)(O)CC3)C2)nc(C)n1. The Balaban J connectivity index is 1.32. The predicted molar refractivity (Wildman–Crippen MR) is 156 cm³/mol. The standard InChI is InChI=1S/C33H40F2N4O4/c1-20-12-30(37-21(2)36-20)31(3,4)15-24(40)16-33(18-39(19-33)23-8-10-32(5,42)11-9-23)17-28(41)27-14-29(43-38-27)25-7-6-22(34)13-26(25)35/h6-7,12-14,23,42H,8-11,15-19H2,1-5H3. The average molecular weight is 595 g/mol. The summed E-state index contributed by atoms with van der Waals surface area (Å²) < 4.78 is 33.0. The molecule has 2 aromatic heterocycles. The van der Waals surface area contributed by atoms with Crippen LogP contribution in [0, 0.1) is 30.9 Å². The van der Waals surface area contributed by atoms with Gasteiger partial charge >= 0.3 is 0 Å². The molecule has 0 amide bonds. The number of aryl methyl sites for hydroxylation is 2. The highest BCUT2D eigenvalue weighted by Gasteiger charge is 2.49. The summed E-state index contributed by atoms with van der Waals surface area (Å²) in [4.78, 5) is 38.4. The molecule has 1 aliphatic heterocycles. The highest BCUT2D eigenvalue weighted by Crippen LogP contribution is 2.44. The molecule has 5 rings (SSSR count). The molecule has 0 spiro atoms. The number of aromatic nitrogens is 3. The van der Waals surface area contributed by atoms with Crippen LogP contribution < -0.4 is 0 Å². The molecule has 3 heterocycles. The fourth-order valence-corrected chi connectivity index (χ4v) is 6.73. The number of rotatable bonds is 10. The highest BCUT2D eigenvalue weighted by atomic mass is 19.1. The van der Waals surface area contributed by atoms with E-state index in [4.69, 9.17) is 4.52 Å². The Hall–Kier alpha value is -3.37. The van der Waals surface area contributed by atoms with Gasteiger partial charge in [0.1, 0.15) is 28.9 Å². The van der Waals surface area contributed by atoms with Crippen molar-refractivity contribution in [2.45, 2.75) is 96.6 Å². The van der Waals surface area contributed by atoms with Crippen LogP contribution in [0.25, 0.3) is 11.3 Å². The van der Waals surface area contributed by atoms with Gasteiger partial charge in [-0.25, -0.2) is 18.7 Å². The molecule has 10 heteroatoms. The van der Waals surface area contributed by atoms with E-state index >= 15 is 0 Å². The normalized spacial score (nSPS) is 22.3. The van der Waals surface area contributed by atoms with Gasteiger partial charge in [0.05, 0.1) is 16.9 Å². The molecule has 1 aliphatic carbocycles. The van der Waals surface area contributed by atoms with Crippen LogP contribution in [0.1, 0.15) is 93.4 Å². The van der Waals surface area contributed by atoms with Crippen LogP contribution in [0.4, 0.5) is 8.78 Å². The van der Waals surface area contributed by atoms with Gasteiger partial charge in [-0.3, -0.25) is 14.5 Å². The molecule has 2 fully saturated rings. The van der Waals surface area contributed by atoms with E-state index < -0.39 is 28.1 Å². The first-order chi connectivity index (χ1) is 20.1. The molecule has 0 bridgehead atoms. The van der Waals surface area contributed by atoms with E-state index in [2.05, 4.69) is 20.0 Å². The fourth-order valence-electron chi connectivity index (χ4n) is 6.73. The molecule has 1 N–H and O–H groups in total. The summed E-state index contributed by atoms with van der Waals surface area (Å²) >= 11 is 0. The van der Waals surface area contributed by atoms with Crippen LogP contribution >= 0.6 is 0 Å². The maximum atomic E-state index is 14.3. The molecule has 1 saturated carbocycles. The Labute approximate surface area is 250 Å². The number of ketones is 2. The average Bonchev–Trinajstić information content (AvgIpc) is 3.36. The number of carbonyl (C=O) groups is 2. The minimum absolute atomic E-state index is 0.0123. The van der Waals surface area contributed by atoms with Gasteiger partial charge in [0.2, 0.25) is 0 Å². The number of aliphatic hydroxyl groups is 1. The lowest BCUT2D eigenvalue weighted by molar-refractivity contribution is -0.128. The minimum atomic E-state index is -0.810. The number of hydrogen-bond donors (Lipinski definition) is 1. The second-order valence-corrected chi connectivity index (χ2v) is 13.7. The molecular formula is C33H40F2N4O4. The van der Waals surface area contributed by atoms with Crippen LogP contribution in [0.5, 0.6) is 0 Å². The molecule has 230 valence electrons. The Morgan fingerprint density at radius 3 is 2.42 bits per heavy atom. The predicted octanol–water partition coefficient (Wildman–Crippen LogP) is 5.92. The molecular weight excluding hydrogens is 554 g/mol. The van der Waals surface area contributed by atoms with Gasteiger partial charge in [0.25, 0.3) is 0 Å². The molecule has 8 nitrogen and oxygen atoms in total. The number of hydrogen-bond acceptors (Lipinski definition) is 8. The van der Waals surface area contributed by atoms with Crippen molar-refractivity contribution in [3.05, 3.63) is 64.9 Å². The molecule has 1 saturated heterocycles. The van der Waals surface area contributed by atoms with E-state index in [0.29, 0.717) is 37.8 Å². The van der Waals surface area contributed by atoms with E-state index in [-0.39, 0.29) is 47.8 Å². The maximum absolute atomic E-state index is 14.3. The monoisotopic (exact) mass is 594 g/mol. The van der Waals surface area contributed by atoms with Crippen molar-refractivity contribution in [1.82, 2.24) is 20.0 Å². The topological polar surface area (TPSA) is 109 Å². The summed E-state index contributed by atoms with van der Waals surface area (Å²) in [6.45, 7) is 10.8. The van der Waals surface area contributed by atoms with Crippen molar-refractivity contribution < 1.29 is 28.0 Å². The summed E-state index contributed by atoms with van der Waals surface area (Å²) in [5.41, 5.74) is -0.0329. The van der Waals surface area contributed by atoms with E-state index in [1.807, 2.05) is 40.7 Å². The maximum Gasteiger partial charge on any atom is 0.185 e. The van der Waals surface area contributed by atoms with Crippen LogP contribution in [-0.2, 0) is 10.2 Å². The number of carbonyl (C=O) groups excluding carboxylic acids is 2. The third-order valence-corrected chi connectivity index (χ3v) is 9.02. The largest absolute Gasteiger partial charge is 0.390 e. The second-order valence-electron chi connectivity index (χ2n) is 13.7. The molecule has 43 heavy (non-hydrogen) atoms. The summed E-state index contributed by atoms with van der Waals surface area (Å²) in [5, 5.41) is 14.3. The Morgan fingerprint density at radius 2 is 1.77 bits per heavy atom. The number of likely N-dealkylation sites (tertiary alicyclic amines) is 1. The van der Waals surface area contributed by atoms with Crippen LogP contribution in [0.2, 0.25) is 0 Å². The quantitative estimate of drug-likeness (QED) is 0.288. The van der Waals surface area contributed by atoms with Crippen molar-refractivity contribution in [2.75, 3.05) is 13.1 Å². The van der Waals surface area contributed by atoms with E-state index in [1.54, 1.807) is 0 Å². The summed E-state index contributed by atoms with van der Waals surface area (Å²) in [5.74, 6) is -1.08. The summed E-state index contributed by atoms with van der Waals surface area (Å²) in [6, 6.07) is 6.68. The van der Waals surface area contributed by atoms with Gasteiger partial charge in [0.15, 0.2) is 11.5 Å². The second kappa shape index (κ2) is 11.6. The zero-order valence-electron chi connectivity index (χ0n) is 25.5. The fraction of sp³-hybridized carbons (Fsp3) is 0.545. The van der Waals surface area contributed by atoms with Crippen LogP contribution in [-0.4, -0.2) is 61.4 Å². The zero-order chi connectivity index (χ0) is 31.2. The first-order valence-electron chi connectivity index (χ1n) is 14.9. The van der Waals surface area contributed by atoms with Crippen molar-refractivity contribution in [1.29, 1.82) is 0 Å². The molecule has 0 radical (unpaired) electrons. The number of Topliss-reactive ketones (excluding diaryl/α,β-unsaturated/α-hetero) is 2. The molecule has 1 aromatic carbocycles. The van der Waals surface area contributed by atoms with Gasteiger partial charge in [-0.1, -0.05) is 19.0 Å². The van der Waals surface area contributed by atoms with Crippen molar-refractivity contribution in [3.63, 3.8) is 0 Å². The van der Waals surface area contributed by atoms with Gasteiger partial charge in [-0.2, -0.15) is 0 Å². The molecule has 0 unspecified atom stereocenters. The van der Waals surface area contributed by atoms with Crippen LogP contribution in [0.3, 0.4) is 0 Å².